The number of fused-ring (bicyclic) bond motifs is 1. The minimum absolute atomic E-state index is 0.170. The van der Waals surface area contributed by atoms with Gasteiger partial charge in [-0.05, 0) is 48.9 Å². The second-order valence-electron chi connectivity index (χ2n) is 6.76. The zero-order valence-electron chi connectivity index (χ0n) is 16.0. The van der Waals surface area contributed by atoms with E-state index in [4.69, 9.17) is 4.42 Å². The van der Waals surface area contributed by atoms with Gasteiger partial charge in [-0.2, -0.15) is 0 Å². The highest BCUT2D eigenvalue weighted by Gasteiger charge is 2.10. The van der Waals surface area contributed by atoms with Gasteiger partial charge in [0.1, 0.15) is 0 Å². The van der Waals surface area contributed by atoms with Crippen molar-refractivity contribution < 1.29 is 9.21 Å². The van der Waals surface area contributed by atoms with E-state index >= 15 is 0 Å². The van der Waals surface area contributed by atoms with E-state index in [1.165, 1.54) is 0 Å². The van der Waals surface area contributed by atoms with Crippen molar-refractivity contribution in [1.82, 2.24) is 4.57 Å². The fourth-order valence-electron chi connectivity index (χ4n) is 3.21. The molecule has 0 bridgehead atoms. The van der Waals surface area contributed by atoms with E-state index in [1.54, 1.807) is 16.7 Å². The average Bonchev–Trinajstić information content (AvgIpc) is 3.05. The first-order chi connectivity index (χ1) is 14.1. The Bertz CT molecular complexity index is 1210. The van der Waals surface area contributed by atoms with Crippen molar-refractivity contribution in [2.24, 2.45) is 0 Å². The molecule has 29 heavy (non-hydrogen) atoms. The summed E-state index contributed by atoms with van der Waals surface area (Å²) in [5, 5.41) is 6.21. The van der Waals surface area contributed by atoms with Gasteiger partial charge in [-0.25, -0.2) is 4.79 Å². The maximum absolute atomic E-state index is 12.5. The molecule has 0 atom stereocenters. The Hall–Kier alpha value is -3.80. The number of nitrogens with zero attached hydrogens (tertiary/aromatic N) is 1. The van der Waals surface area contributed by atoms with Crippen LogP contribution in [0.4, 0.5) is 11.4 Å². The predicted molar refractivity (Wildman–Crippen MR) is 115 cm³/mol. The monoisotopic (exact) mass is 387 g/mol. The van der Waals surface area contributed by atoms with Crippen molar-refractivity contribution in [3.05, 3.63) is 94.5 Å². The van der Waals surface area contributed by atoms with Crippen LogP contribution in [-0.4, -0.2) is 17.0 Å². The van der Waals surface area contributed by atoms with E-state index in [2.05, 4.69) is 10.6 Å². The molecule has 0 spiro atoms. The molecule has 6 nitrogen and oxygen atoms in total. The summed E-state index contributed by atoms with van der Waals surface area (Å²) in [5.41, 5.74) is 4.53. The van der Waals surface area contributed by atoms with Crippen LogP contribution in [-0.2, 0) is 6.54 Å². The van der Waals surface area contributed by atoms with E-state index in [1.807, 2.05) is 67.6 Å². The lowest BCUT2D eigenvalue weighted by Crippen LogP contribution is -2.20. The molecule has 2 N–H and O–H groups in total. The number of nitrogens with one attached hydrogen (secondary N) is 2. The highest BCUT2D eigenvalue weighted by atomic mass is 16.4. The second-order valence-corrected chi connectivity index (χ2v) is 6.76. The van der Waals surface area contributed by atoms with Crippen molar-refractivity contribution in [1.29, 1.82) is 0 Å². The predicted octanol–water partition coefficient (Wildman–Crippen LogP) is 4.27. The molecule has 1 heterocycles. The number of benzene rings is 3. The standard InChI is InChI=1S/C23H21N3O3/c1-16-11-12-17(22(27)25-18-7-3-2-4-8-18)15-19(16)24-13-14-26-20-9-5-6-10-21(20)29-23(26)28/h2-12,15,24H,13-14H2,1H3,(H,25,27). The van der Waals surface area contributed by atoms with Crippen LogP contribution in [0.25, 0.3) is 11.1 Å². The molecular weight excluding hydrogens is 366 g/mol. The first-order valence-electron chi connectivity index (χ1n) is 9.41. The number of carbonyl (C=O) groups excluding carboxylic acids is 1. The smallest absolute Gasteiger partial charge is 0.408 e. The molecule has 0 saturated heterocycles. The molecule has 0 aliphatic carbocycles. The quantitative estimate of drug-likeness (QED) is 0.518. The normalized spacial score (nSPS) is 10.8. The lowest BCUT2D eigenvalue weighted by atomic mass is 10.1. The Morgan fingerprint density at radius 3 is 2.59 bits per heavy atom. The Morgan fingerprint density at radius 2 is 1.76 bits per heavy atom. The summed E-state index contributed by atoms with van der Waals surface area (Å²) in [7, 11) is 0. The van der Waals surface area contributed by atoms with Gasteiger partial charge in [0.2, 0.25) is 0 Å². The number of hydrogen-bond acceptors (Lipinski definition) is 4. The van der Waals surface area contributed by atoms with Gasteiger partial charge >= 0.3 is 5.76 Å². The fourth-order valence-corrected chi connectivity index (χ4v) is 3.21. The fraction of sp³-hybridized carbons (Fsp3) is 0.130. The van der Waals surface area contributed by atoms with E-state index in [-0.39, 0.29) is 11.7 Å². The van der Waals surface area contributed by atoms with Crippen LogP contribution < -0.4 is 16.4 Å². The number of aromatic nitrogens is 1. The van der Waals surface area contributed by atoms with Crippen molar-refractivity contribution in [3.63, 3.8) is 0 Å². The van der Waals surface area contributed by atoms with Gasteiger partial charge < -0.3 is 15.1 Å². The summed E-state index contributed by atoms with van der Waals surface area (Å²) in [6.07, 6.45) is 0. The van der Waals surface area contributed by atoms with Gasteiger partial charge in [0.15, 0.2) is 5.58 Å². The molecule has 1 amide bonds. The molecule has 1 aromatic heterocycles. The maximum atomic E-state index is 12.5. The van der Waals surface area contributed by atoms with Gasteiger partial charge in [0.05, 0.1) is 5.52 Å². The largest absolute Gasteiger partial charge is 0.420 e. The van der Waals surface area contributed by atoms with Crippen molar-refractivity contribution in [2.45, 2.75) is 13.5 Å². The SMILES string of the molecule is Cc1ccc(C(=O)Nc2ccccc2)cc1NCCn1c(=O)oc2ccccc21. The minimum atomic E-state index is -0.374. The summed E-state index contributed by atoms with van der Waals surface area (Å²) in [5.74, 6) is -0.544. The Balaban J connectivity index is 1.46. The molecule has 3 aromatic carbocycles. The van der Waals surface area contributed by atoms with Gasteiger partial charge in [0, 0.05) is 30.0 Å². The first-order valence-corrected chi connectivity index (χ1v) is 9.41. The summed E-state index contributed by atoms with van der Waals surface area (Å²) in [6, 6.07) is 22.2. The number of oxazole rings is 1. The minimum Gasteiger partial charge on any atom is -0.408 e. The van der Waals surface area contributed by atoms with E-state index in [0.29, 0.717) is 24.2 Å². The highest BCUT2D eigenvalue weighted by molar-refractivity contribution is 6.04. The molecule has 0 aliphatic rings. The third-order valence-electron chi connectivity index (χ3n) is 4.76. The summed E-state index contributed by atoms with van der Waals surface area (Å²) in [6.45, 7) is 2.95. The van der Waals surface area contributed by atoms with Crippen LogP contribution in [0.2, 0.25) is 0 Å². The van der Waals surface area contributed by atoms with Gasteiger partial charge in [0.25, 0.3) is 5.91 Å². The molecular formula is C23H21N3O3. The lowest BCUT2D eigenvalue weighted by Gasteiger charge is -2.12. The number of rotatable bonds is 6. The second kappa shape index (κ2) is 8.06. The topological polar surface area (TPSA) is 76.3 Å². The van der Waals surface area contributed by atoms with Gasteiger partial charge in [-0.15, -0.1) is 0 Å². The lowest BCUT2D eigenvalue weighted by molar-refractivity contribution is 0.102. The van der Waals surface area contributed by atoms with Crippen LogP contribution >= 0.6 is 0 Å². The molecule has 0 radical (unpaired) electrons. The van der Waals surface area contributed by atoms with Crippen LogP contribution in [0.15, 0.2) is 82.0 Å². The number of carbonyl (C=O) groups is 1. The molecule has 0 fully saturated rings. The summed E-state index contributed by atoms with van der Waals surface area (Å²) >= 11 is 0. The molecule has 0 unspecified atom stereocenters. The number of amides is 1. The zero-order valence-corrected chi connectivity index (χ0v) is 16.0. The van der Waals surface area contributed by atoms with Crippen LogP contribution in [0, 0.1) is 6.92 Å². The third kappa shape index (κ3) is 4.06. The van der Waals surface area contributed by atoms with E-state index < -0.39 is 0 Å². The van der Waals surface area contributed by atoms with Crippen LogP contribution in [0.3, 0.4) is 0 Å². The Morgan fingerprint density at radius 1 is 1.00 bits per heavy atom. The molecule has 6 heteroatoms. The summed E-state index contributed by atoms with van der Waals surface area (Å²) < 4.78 is 6.86. The molecule has 0 saturated carbocycles. The van der Waals surface area contributed by atoms with E-state index in [9.17, 15) is 9.59 Å². The van der Waals surface area contributed by atoms with Gasteiger partial charge in [-0.1, -0.05) is 36.4 Å². The summed E-state index contributed by atoms with van der Waals surface area (Å²) in [4.78, 5) is 24.6. The highest BCUT2D eigenvalue weighted by Crippen LogP contribution is 2.18. The maximum Gasteiger partial charge on any atom is 0.420 e. The number of hydrogen-bond donors (Lipinski definition) is 2. The number of anilines is 2. The van der Waals surface area contributed by atoms with Crippen molar-refractivity contribution >= 4 is 28.4 Å². The molecule has 0 aliphatic heterocycles. The first kappa shape index (κ1) is 18.6. The zero-order chi connectivity index (χ0) is 20.2. The molecule has 4 rings (SSSR count). The third-order valence-corrected chi connectivity index (χ3v) is 4.76. The van der Waals surface area contributed by atoms with Crippen molar-refractivity contribution in [2.75, 3.05) is 17.2 Å². The average molecular weight is 387 g/mol. The number of aryl methyl sites for hydroxylation is 1. The van der Waals surface area contributed by atoms with Crippen LogP contribution in [0.5, 0.6) is 0 Å². The van der Waals surface area contributed by atoms with Crippen LogP contribution in [0.1, 0.15) is 15.9 Å². The Labute approximate surface area is 167 Å². The van der Waals surface area contributed by atoms with Gasteiger partial charge in [-0.3, -0.25) is 9.36 Å². The molecule has 146 valence electrons. The van der Waals surface area contributed by atoms with Crippen molar-refractivity contribution in [3.8, 4) is 0 Å². The molecule has 4 aromatic rings. The van der Waals surface area contributed by atoms with E-state index in [0.717, 1.165) is 22.5 Å². The Kier molecular flexibility index (Phi) is 5.16. The number of para-hydroxylation sites is 3.